The van der Waals surface area contributed by atoms with E-state index in [1.54, 1.807) is 24.3 Å². The molecule has 7 heteroatoms. The number of carbonyl (C=O) groups is 1. The Balaban J connectivity index is 1.65. The van der Waals surface area contributed by atoms with Crippen molar-refractivity contribution in [3.63, 3.8) is 0 Å². The summed E-state index contributed by atoms with van der Waals surface area (Å²) < 4.78 is 33.7. The van der Waals surface area contributed by atoms with Crippen LogP contribution >= 0.6 is 0 Å². The van der Waals surface area contributed by atoms with E-state index in [-0.39, 0.29) is 22.4 Å². The maximum Gasteiger partial charge on any atom is 0.261 e. The van der Waals surface area contributed by atoms with Crippen LogP contribution in [-0.2, 0) is 10.0 Å². The second-order valence-corrected chi connectivity index (χ2v) is 9.13. The molecular weight excluding hydrogens is 412 g/mol. The highest BCUT2D eigenvalue weighted by Crippen LogP contribution is 2.18. The van der Waals surface area contributed by atoms with E-state index in [9.17, 15) is 13.2 Å². The summed E-state index contributed by atoms with van der Waals surface area (Å²) in [7, 11) is -3.82. The van der Waals surface area contributed by atoms with Crippen molar-refractivity contribution in [2.75, 3.05) is 11.3 Å². The molecule has 0 aliphatic carbocycles. The minimum absolute atomic E-state index is 0.0181. The van der Waals surface area contributed by atoms with Crippen LogP contribution in [0.15, 0.2) is 77.7 Å². The Morgan fingerprint density at radius 1 is 0.968 bits per heavy atom. The molecule has 0 spiro atoms. The van der Waals surface area contributed by atoms with Crippen LogP contribution in [0.3, 0.4) is 0 Å². The summed E-state index contributed by atoms with van der Waals surface area (Å²) in [5, 5.41) is 2.84. The van der Waals surface area contributed by atoms with Gasteiger partial charge in [-0.25, -0.2) is 8.42 Å². The first-order valence-corrected chi connectivity index (χ1v) is 11.4. The number of carbonyl (C=O) groups excluding carboxylic acids is 1. The first-order chi connectivity index (χ1) is 14.7. The highest BCUT2D eigenvalue weighted by atomic mass is 32.2. The zero-order valence-electron chi connectivity index (χ0n) is 17.8. The molecule has 1 amide bonds. The Morgan fingerprint density at radius 2 is 1.68 bits per heavy atom. The first kappa shape index (κ1) is 22.4. The molecule has 0 aromatic heterocycles. The minimum Gasteiger partial charge on any atom is -0.491 e. The highest BCUT2D eigenvalue weighted by molar-refractivity contribution is 7.92. The van der Waals surface area contributed by atoms with Gasteiger partial charge >= 0.3 is 0 Å². The van der Waals surface area contributed by atoms with Gasteiger partial charge in [0.25, 0.3) is 15.9 Å². The Labute approximate surface area is 183 Å². The molecule has 2 N–H and O–H groups in total. The van der Waals surface area contributed by atoms with Crippen LogP contribution in [0.5, 0.6) is 5.75 Å². The molecule has 0 heterocycles. The second kappa shape index (κ2) is 9.66. The summed E-state index contributed by atoms with van der Waals surface area (Å²) in [6.45, 7) is 6.00. The van der Waals surface area contributed by atoms with Crippen LogP contribution in [0.25, 0.3) is 0 Å². The largest absolute Gasteiger partial charge is 0.491 e. The van der Waals surface area contributed by atoms with Crippen molar-refractivity contribution in [1.82, 2.24) is 5.32 Å². The molecule has 0 bridgehead atoms. The molecule has 31 heavy (non-hydrogen) atoms. The van der Waals surface area contributed by atoms with Gasteiger partial charge in [0.05, 0.1) is 10.9 Å². The summed E-state index contributed by atoms with van der Waals surface area (Å²) in [4.78, 5) is 12.6. The van der Waals surface area contributed by atoms with Gasteiger partial charge in [-0.2, -0.15) is 0 Å². The van der Waals surface area contributed by atoms with Crippen LogP contribution in [0, 0.1) is 13.8 Å². The van der Waals surface area contributed by atoms with Crippen molar-refractivity contribution >= 4 is 21.6 Å². The van der Waals surface area contributed by atoms with Crippen molar-refractivity contribution < 1.29 is 17.9 Å². The molecule has 0 saturated heterocycles. The minimum atomic E-state index is -3.82. The Hall–Kier alpha value is -3.32. The molecule has 0 saturated carbocycles. The maximum absolute atomic E-state index is 12.7. The topological polar surface area (TPSA) is 84.5 Å². The third-order valence-corrected chi connectivity index (χ3v) is 6.05. The van der Waals surface area contributed by atoms with Gasteiger partial charge in [-0.15, -0.1) is 0 Å². The lowest BCUT2D eigenvalue weighted by Gasteiger charge is -2.16. The van der Waals surface area contributed by atoms with Gasteiger partial charge < -0.3 is 10.1 Å². The van der Waals surface area contributed by atoms with Crippen LogP contribution in [0.4, 0.5) is 5.69 Å². The molecule has 1 atom stereocenters. The van der Waals surface area contributed by atoms with E-state index in [0.717, 1.165) is 16.9 Å². The number of aryl methyl sites for hydroxylation is 2. The molecule has 0 aliphatic heterocycles. The van der Waals surface area contributed by atoms with E-state index in [2.05, 4.69) is 10.0 Å². The SMILES string of the molecule is Cc1ccc(NS(=O)(=O)c2cccc(C(=O)NC(C)COc3ccccc3C)c2)cc1. The third-order valence-electron chi connectivity index (χ3n) is 4.67. The van der Waals surface area contributed by atoms with E-state index in [1.807, 2.05) is 57.2 Å². The zero-order chi connectivity index (χ0) is 22.4. The van der Waals surface area contributed by atoms with Gasteiger partial charge in [0.2, 0.25) is 0 Å². The summed E-state index contributed by atoms with van der Waals surface area (Å²) in [5.41, 5.74) is 2.76. The monoisotopic (exact) mass is 438 g/mol. The highest BCUT2D eigenvalue weighted by Gasteiger charge is 2.17. The number of benzene rings is 3. The summed E-state index contributed by atoms with van der Waals surface area (Å²) in [5.74, 6) is 0.395. The molecular formula is C24H26N2O4S. The van der Waals surface area contributed by atoms with E-state index < -0.39 is 10.0 Å². The lowest BCUT2D eigenvalue weighted by Crippen LogP contribution is -2.36. The molecule has 3 aromatic carbocycles. The molecule has 162 valence electrons. The van der Waals surface area contributed by atoms with Crippen LogP contribution in [-0.4, -0.2) is 27.0 Å². The fraction of sp³-hybridized carbons (Fsp3) is 0.208. The standard InChI is InChI=1S/C24H26N2O4S/c1-17-11-13-21(14-12-17)26-31(28,29)22-9-6-8-20(15-22)24(27)25-19(3)16-30-23-10-5-4-7-18(23)2/h4-15,19,26H,16H2,1-3H3,(H,25,27). The number of hydrogen-bond acceptors (Lipinski definition) is 4. The molecule has 6 nitrogen and oxygen atoms in total. The average Bonchev–Trinajstić information content (AvgIpc) is 2.75. The quantitative estimate of drug-likeness (QED) is 0.549. The second-order valence-electron chi connectivity index (χ2n) is 7.45. The fourth-order valence-electron chi connectivity index (χ4n) is 2.92. The van der Waals surface area contributed by atoms with Crippen LogP contribution in [0.2, 0.25) is 0 Å². The van der Waals surface area contributed by atoms with Crippen molar-refractivity contribution in [2.45, 2.75) is 31.7 Å². The van der Waals surface area contributed by atoms with Gasteiger partial charge in [0.1, 0.15) is 12.4 Å². The summed E-state index contributed by atoms with van der Waals surface area (Å²) in [6.07, 6.45) is 0. The van der Waals surface area contributed by atoms with Crippen molar-refractivity contribution in [1.29, 1.82) is 0 Å². The smallest absolute Gasteiger partial charge is 0.261 e. The number of nitrogens with one attached hydrogen (secondary N) is 2. The molecule has 1 unspecified atom stereocenters. The van der Waals surface area contributed by atoms with E-state index in [4.69, 9.17) is 4.74 Å². The number of rotatable bonds is 8. The van der Waals surface area contributed by atoms with Crippen molar-refractivity contribution in [3.05, 3.63) is 89.5 Å². The summed E-state index contributed by atoms with van der Waals surface area (Å²) in [6, 6.07) is 20.4. The zero-order valence-corrected chi connectivity index (χ0v) is 18.6. The Kier molecular flexibility index (Phi) is 6.97. The van der Waals surface area contributed by atoms with Gasteiger partial charge in [-0.1, -0.05) is 42.0 Å². The van der Waals surface area contributed by atoms with Crippen molar-refractivity contribution in [2.24, 2.45) is 0 Å². The van der Waals surface area contributed by atoms with Crippen LogP contribution < -0.4 is 14.8 Å². The number of hydrogen-bond donors (Lipinski definition) is 2. The number of sulfonamides is 1. The molecule has 3 aromatic rings. The van der Waals surface area contributed by atoms with Crippen LogP contribution in [0.1, 0.15) is 28.4 Å². The van der Waals surface area contributed by atoms with E-state index in [1.165, 1.54) is 12.1 Å². The first-order valence-electron chi connectivity index (χ1n) is 9.93. The molecule has 0 radical (unpaired) electrons. The number of ether oxygens (including phenoxy) is 1. The number of anilines is 1. The predicted octanol–water partition coefficient (Wildman–Crippen LogP) is 4.30. The Bertz CT molecular complexity index is 1160. The normalized spacial score (nSPS) is 12.1. The van der Waals surface area contributed by atoms with Gasteiger partial charge in [-0.05, 0) is 62.7 Å². The third kappa shape index (κ3) is 6.08. The Morgan fingerprint density at radius 3 is 2.39 bits per heavy atom. The van der Waals surface area contributed by atoms with Gasteiger partial charge in [-0.3, -0.25) is 9.52 Å². The van der Waals surface area contributed by atoms with Gasteiger partial charge in [0.15, 0.2) is 0 Å². The van der Waals surface area contributed by atoms with E-state index >= 15 is 0 Å². The van der Waals surface area contributed by atoms with Gasteiger partial charge in [0, 0.05) is 11.3 Å². The number of amides is 1. The molecule has 0 aliphatic rings. The lowest BCUT2D eigenvalue weighted by molar-refractivity contribution is 0.0926. The van der Waals surface area contributed by atoms with Crippen molar-refractivity contribution in [3.8, 4) is 5.75 Å². The maximum atomic E-state index is 12.7. The molecule has 0 fully saturated rings. The fourth-order valence-corrected chi connectivity index (χ4v) is 4.03. The average molecular weight is 439 g/mol. The summed E-state index contributed by atoms with van der Waals surface area (Å²) >= 11 is 0. The molecule has 3 rings (SSSR count). The lowest BCUT2D eigenvalue weighted by atomic mass is 10.2. The predicted molar refractivity (Wildman–Crippen MR) is 122 cm³/mol. The van der Waals surface area contributed by atoms with E-state index in [0.29, 0.717) is 12.3 Å². The number of para-hydroxylation sites is 1.